The zero-order chi connectivity index (χ0) is 30.3. The van der Waals surface area contributed by atoms with E-state index in [-0.39, 0.29) is 17.4 Å². The number of carbonyl (C=O) groups excluding carboxylic acids is 1. The zero-order valence-electron chi connectivity index (χ0n) is 25.0. The van der Waals surface area contributed by atoms with Crippen molar-refractivity contribution in [2.45, 2.75) is 51.0 Å². The van der Waals surface area contributed by atoms with Crippen LogP contribution < -0.4 is 9.62 Å². The number of fused-ring (bicyclic) bond motifs is 1. The molecule has 1 aliphatic carbocycles. The fraction of sp³-hybridized carbons (Fsp3) is 0.567. The number of benzene rings is 1. The van der Waals surface area contributed by atoms with Crippen LogP contribution >= 0.6 is 0 Å². The van der Waals surface area contributed by atoms with Gasteiger partial charge in [-0.15, -0.1) is 0 Å². The average molecular weight is 614 g/mol. The number of nitrogens with zero attached hydrogens (tertiary/aromatic N) is 6. The third-order valence-corrected chi connectivity index (χ3v) is 10.7. The van der Waals surface area contributed by atoms with Crippen LogP contribution in [0.15, 0.2) is 30.3 Å². The van der Waals surface area contributed by atoms with Crippen molar-refractivity contribution in [3.63, 3.8) is 0 Å². The largest absolute Gasteiger partial charge is 0.379 e. The Morgan fingerprint density at radius 2 is 1.74 bits per heavy atom. The van der Waals surface area contributed by atoms with Gasteiger partial charge in [0.2, 0.25) is 0 Å². The van der Waals surface area contributed by atoms with E-state index in [1.807, 2.05) is 0 Å². The molecule has 11 nitrogen and oxygen atoms in total. The van der Waals surface area contributed by atoms with Gasteiger partial charge in [0, 0.05) is 52.2 Å². The van der Waals surface area contributed by atoms with Gasteiger partial charge >= 0.3 is 10.2 Å². The lowest BCUT2D eigenvalue weighted by atomic mass is 9.81. The maximum absolute atomic E-state index is 13.8. The lowest BCUT2D eigenvalue weighted by molar-refractivity contribution is 0.00450. The number of anilines is 1. The molecule has 1 saturated carbocycles. The van der Waals surface area contributed by atoms with Gasteiger partial charge in [0.15, 0.2) is 5.65 Å². The Labute approximate surface area is 252 Å². The molecule has 1 N–H and O–H groups in total. The molecule has 3 aliphatic rings. The first kappa shape index (κ1) is 29.9. The summed E-state index contributed by atoms with van der Waals surface area (Å²) >= 11 is 0. The Bertz CT molecular complexity index is 1580. The first-order valence-corrected chi connectivity index (χ1v) is 16.6. The Morgan fingerprint density at radius 1 is 1.07 bits per heavy atom. The molecule has 0 radical (unpaired) electrons. The third kappa shape index (κ3) is 6.00. The second kappa shape index (κ2) is 12.1. The number of piperidine rings is 1. The van der Waals surface area contributed by atoms with E-state index < -0.39 is 16.1 Å². The molecule has 3 fully saturated rings. The first-order valence-electron chi connectivity index (χ1n) is 15.1. The molecule has 2 aromatic heterocycles. The highest BCUT2D eigenvalue weighted by atomic mass is 32.2. The Kier molecular flexibility index (Phi) is 8.42. The summed E-state index contributed by atoms with van der Waals surface area (Å²) in [6.07, 6.45) is 5.12. The SMILES string of the molecule is C[C@@H](C1CCN(c2cc(C(=O)NS(=O)(=O)N(C)C)nc3c2c(C2CCC2)nn3-c2ccc(F)cc2)CC1)N1CCOCC1. The van der Waals surface area contributed by atoms with Crippen molar-refractivity contribution in [2.24, 2.45) is 5.92 Å². The van der Waals surface area contributed by atoms with Crippen molar-refractivity contribution >= 4 is 32.8 Å². The van der Waals surface area contributed by atoms with E-state index in [2.05, 4.69) is 21.4 Å². The highest BCUT2D eigenvalue weighted by Gasteiger charge is 2.34. The number of hydrogen-bond acceptors (Lipinski definition) is 8. The molecule has 0 bridgehead atoms. The van der Waals surface area contributed by atoms with E-state index in [1.54, 1.807) is 22.9 Å². The van der Waals surface area contributed by atoms with Crippen LogP contribution in [0.2, 0.25) is 0 Å². The van der Waals surface area contributed by atoms with Crippen molar-refractivity contribution in [2.75, 3.05) is 58.4 Å². The van der Waals surface area contributed by atoms with Crippen LogP contribution in [-0.2, 0) is 14.9 Å². The average Bonchev–Trinajstić information content (AvgIpc) is 3.35. The summed E-state index contributed by atoms with van der Waals surface area (Å²) in [4.78, 5) is 22.9. The van der Waals surface area contributed by atoms with Crippen molar-refractivity contribution in [1.29, 1.82) is 0 Å². The Morgan fingerprint density at radius 3 is 2.35 bits per heavy atom. The number of morpholine rings is 1. The van der Waals surface area contributed by atoms with Crippen molar-refractivity contribution in [3.05, 3.63) is 47.5 Å². The quantitative estimate of drug-likeness (QED) is 0.412. The molecular formula is C30H40FN7O4S. The van der Waals surface area contributed by atoms with E-state index in [0.29, 0.717) is 23.3 Å². The minimum absolute atomic E-state index is 0.0137. The Balaban J connectivity index is 1.41. The molecule has 13 heteroatoms. The topological polar surface area (TPSA) is 113 Å². The molecule has 6 rings (SSSR count). The molecule has 2 aliphatic heterocycles. The van der Waals surface area contributed by atoms with Gasteiger partial charge in [0.25, 0.3) is 5.91 Å². The van der Waals surface area contributed by atoms with Crippen molar-refractivity contribution < 1.29 is 22.3 Å². The predicted octanol–water partition coefficient (Wildman–Crippen LogP) is 3.30. The van der Waals surface area contributed by atoms with Gasteiger partial charge in [0.05, 0.1) is 35.7 Å². The van der Waals surface area contributed by atoms with Crippen LogP contribution in [0.5, 0.6) is 0 Å². The van der Waals surface area contributed by atoms with E-state index in [0.717, 1.165) is 92.6 Å². The zero-order valence-corrected chi connectivity index (χ0v) is 25.8. The maximum Gasteiger partial charge on any atom is 0.303 e. The van der Waals surface area contributed by atoms with Gasteiger partial charge in [-0.2, -0.15) is 17.8 Å². The fourth-order valence-corrected chi connectivity index (χ4v) is 6.91. The molecule has 0 unspecified atom stereocenters. The normalized spacial score (nSPS) is 20.0. The first-order chi connectivity index (χ1) is 20.6. The number of carbonyl (C=O) groups is 1. The van der Waals surface area contributed by atoms with Crippen LogP contribution in [0.1, 0.15) is 61.1 Å². The van der Waals surface area contributed by atoms with Gasteiger partial charge in [-0.05, 0) is 68.9 Å². The number of pyridine rings is 1. The standard InChI is InChI=1S/C30H40FN7O4S/c1-20(36-15-17-42-18-16-36)21-11-13-37(14-12-21)26-19-25(30(39)34-43(40,41)35(2)3)32-29-27(26)28(22-5-4-6-22)33-38(29)24-9-7-23(31)8-10-24/h7-10,19-22H,4-6,11-18H2,1-3H3,(H,34,39)/t20-/m0/s1. The van der Waals surface area contributed by atoms with E-state index in [4.69, 9.17) is 14.8 Å². The molecule has 3 aromatic rings. The highest BCUT2D eigenvalue weighted by molar-refractivity contribution is 7.87. The fourth-order valence-electron chi connectivity index (χ4n) is 6.38. The molecule has 232 valence electrons. The lowest BCUT2D eigenvalue weighted by Crippen LogP contribution is -2.48. The van der Waals surface area contributed by atoms with Gasteiger partial charge in [-0.3, -0.25) is 9.69 Å². The molecule has 1 aromatic carbocycles. The molecule has 4 heterocycles. The summed E-state index contributed by atoms with van der Waals surface area (Å²) in [6, 6.07) is 8.17. The monoisotopic (exact) mass is 613 g/mol. The third-order valence-electron chi connectivity index (χ3n) is 9.33. The lowest BCUT2D eigenvalue weighted by Gasteiger charge is -2.41. The van der Waals surface area contributed by atoms with Crippen LogP contribution in [0.3, 0.4) is 0 Å². The van der Waals surface area contributed by atoms with Crippen LogP contribution in [0.4, 0.5) is 10.1 Å². The minimum Gasteiger partial charge on any atom is -0.379 e. The second-order valence-corrected chi connectivity index (χ2v) is 13.9. The number of aromatic nitrogens is 3. The number of rotatable bonds is 8. The highest BCUT2D eigenvalue weighted by Crippen LogP contribution is 2.43. The van der Waals surface area contributed by atoms with Crippen LogP contribution in [0, 0.1) is 11.7 Å². The summed E-state index contributed by atoms with van der Waals surface area (Å²) in [5.41, 5.74) is 2.82. The minimum atomic E-state index is -4.03. The predicted molar refractivity (Wildman–Crippen MR) is 162 cm³/mol. The molecule has 1 amide bonds. The molecule has 0 spiro atoms. The van der Waals surface area contributed by atoms with Crippen LogP contribution in [-0.4, -0.2) is 97.8 Å². The number of halogens is 1. The summed E-state index contributed by atoms with van der Waals surface area (Å²) in [5, 5.41) is 5.88. The number of amides is 1. The van der Waals surface area contributed by atoms with Gasteiger partial charge in [0.1, 0.15) is 11.5 Å². The molecular weight excluding hydrogens is 573 g/mol. The maximum atomic E-state index is 13.8. The molecule has 43 heavy (non-hydrogen) atoms. The van der Waals surface area contributed by atoms with Gasteiger partial charge in [-0.25, -0.2) is 18.8 Å². The van der Waals surface area contributed by atoms with Crippen molar-refractivity contribution in [3.8, 4) is 5.69 Å². The summed E-state index contributed by atoms with van der Waals surface area (Å²) in [6.45, 7) is 7.35. The Hall–Kier alpha value is -3.13. The number of hydrogen-bond donors (Lipinski definition) is 1. The van der Waals surface area contributed by atoms with E-state index >= 15 is 0 Å². The number of ether oxygens (including phenoxy) is 1. The summed E-state index contributed by atoms with van der Waals surface area (Å²) < 4.78 is 49.2. The molecule has 1 atom stereocenters. The van der Waals surface area contributed by atoms with E-state index in [1.165, 1.54) is 26.2 Å². The second-order valence-electron chi connectivity index (χ2n) is 12.1. The summed E-state index contributed by atoms with van der Waals surface area (Å²) in [7, 11) is -1.32. The van der Waals surface area contributed by atoms with E-state index in [9.17, 15) is 17.6 Å². The van der Waals surface area contributed by atoms with Gasteiger partial charge in [-0.1, -0.05) is 6.42 Å². The summed E-state index contributed by atoms with van der Waals surface area (Å²) in [5.74, 6) is -0.383. The number of nitrogens with one attached hydrogen (secondary N) is 1. The van der Waals surface area contributed by atoms with Crippen LogP contribution in [0.25, 0.3) is 16.7 Å². The molecule has 2 saturated heterocycles. The van der Waals surface area contributed by atoms with Gasteiger partial charge < -0.3 is 9.64 Å². The smallest absolute Gasteiger partial charge is 0.303 e. The van der Waals surface area contributed by atoms with Crippen molar-refractivity contribution in [1.82, 2.24) is 28.7 Å².